The SMILES string of the molecule is COc1ccc(C=O)c(N)c1Br. The number of benzene rings is 1. The molecule has 0 radical (unpaired) electrons. The van der Waals surface area contributed by atoms with Gasteiger partial charge < -0.3 is 10.5 Å². The number of nitrogen functional groups attached to an aromatic ring is 1. The Kier molecular flexibility index (Phi) is 2.70. The first-order valence-electron chi connectivity index (χ1n) is 3.28. The van der Waals surface area contributed by atoms with Crippen LogP contribution in [0.5, 0.6) is 5.75 Å². The average Bonchev–Trinajstić information content (AvgIpc) is 2.10. The molecule has 0 spiro atoms. The number of anilines is 1. The second kappa shape index (κ2) is 3.58. The van der Waals surface area contributed by atoms with Crippen molar-refractivity contribution in [3.8, 4) is 5.75 Å². The predicted octanol–water partition coefficient (Wildman–Crippen LogP) is 1.85. The van der Waals surface area contributed by atoms with Crippen molar-refractivity contribution in [1.82, 2.24) is 0 Å². The fourth-order valence-electron chi connectivity index (χ4n) is 0.848. The lowest BCUT2D eigenvalue weighted by molar-refractivity contribution is 0.112. The quantitative estimate of drug-likeness (QED) is 0.623. The standard InChI is InChI=1S/C8H8BrNO2/c1-12-6-3-2-5(4-11)8(10)7(6)9/h2-4H,10H2,1H3. The van der Waals surface area contributed by atoms with E-state index >= 15 is 0 Å². The zero-order valence-electron chi connectivity index (χ0n) is 6.50. The van der Waals surface area contributed by atoms with Crippen molar-refractivity contribution in [1.29, 1.82) is 0 Å². The lowest BCUT2D eigenvalue weighted by atomic mass is 10.2. The molecule has 4 heteroatoms. The summed E-state index contributed by atoms with van der Waals surface area (Å²) in [5.41, 5.74) is 6.48. The molecule has 0 unspecified atom stereocenters. The van der Waals surface area contributed by atoms with Crippen LogP contribution in [0.2, 0.25) is 0 Å². The lowest BCUT2D eigenvalue weighted by Crippen LogP contribution is -1.96. The van der Waals surface area contributed by atoms with Crippen LogP contribution in [0.1, 0.15) is 10.4 Å². The van der Waals surface area contributed by atoms with Gasteiger partial charge in [-0.05, 0) is 28.1 Å². The molecule has 1 aromatic rings. The number of carbonyl (C=O) groups is 1. The molecule has 0 aliphatic rings. The maximum atomic E-state index is 10.4. The molecule has 3 nitrogen and oxygen atoms in total. The largest absolute Gasteiger partial charge is 0.495 e. The van der Waals surface area contributed by atoms with Gasteiger partial charge in [0.1, 0.15) is 5.75 Å². The van der Waals surface area contributed by atoms with Gasteiger partial charge in [0.05, 0.1) is 17.3 Å². The van der Waals surface area contributed by atoms with E-state index in [1.54, 1.807) is 19.2 Å². The molecule has 0 amide bonds. The molecule has 0 atom stereocenters. The van der Waals surface area contributed by atoms with Gasteiger partial charge in [-0.2, -0.15) is 0 Å². The second-order valence-corrected chi connectivity index (χ2v) is 3.00. The maximum absolute atomic E-state index is 10.4. The van der Waals surface area contributed by atoms with Crippen LogP contribution in [0.15, 0.2) is 16.6 Å². The highest BCUT2D eigenvalue weighted by atomic mass is 79.9. The van der Waals surface area contributed by atoms with E-state index in [4.69, 9.17) is 10.5 Å². The van der Waals surface area contributed by atoms with Gasteiger partial charge in [0.2, 0.25) is 0 Å². The van der Waals surface area contributed by atoms with Crippen LogP contribution in [-0.4, -0.2) is 13.4 Å². The Morgan fingerprint density at radius 3 is 2.75 bits per heavy atom. The number of hydrogen-bond donors (Lipinski definition) is 1. The molecule has 1 rings (SSSR count). The molecule has 0 saturated carbocycles. The topological polar surface area (TPSA) is 52.3 Å². The van der Waals surface area contributed by atoms with Crippen LogP contribution in [-0.2, 0) is 0 Å². The summed E-state index contributed by atoms with van der Waals surface area (Å²) in [5.74, 6) is 0.623. The summed E-state index contributed by atoms with van der Waals surface area (Å²) in [6.45, 7) is 0. The average molecular weight is 230 g/mol. The first-order chi connectivity index (χ1) is 5.70. The number of carbonyl (C=O) groups excluding carboxylic acids is 1. The van der Waals surface area contributed by atoms with Crippen LogP contribution >= 0.6 is 15.9 Å². The number of rotatable bonds is 2. The summed E-state index contributed by atoms with van der Waals surface area (Å²) in [6, 6.07) is 3.30. The van der Waals surface area contributed by atoms with Crippen molar-refractivity contribution in [3.63, 3.8) is 0 Å². The number of aldehydes is 1. The Hall–Kier alpha value is -1.03. The third kappa shape index (κ3) is 1.43. The Morgan fingerprint density at radius 1 is 1.58 bits per heavy atom. The number of methoxy groups -OCH3 is 1. The van der Waals surface area contributed by atoms with Gasteiger partial charge in [0.15, 0.2) is 6.29 Å². The van der Waals surface area contributed by atoms with Crippen LogP contribution in [0, 0.1) is 0 Å². The van der Waals surface area contributed by atoms with Gasteiger partial charge in [-0.25, -0.2) is 0 Å². The Balaban J connectivity index is 3.29. The van der Waals surface area contributed by atoms with Gasteiger partial charge >= 0.3 is 0 Å². The van der Waals surface area contributed by atoms with Crippen LogP contribution < -0.4 is 10.5 Å². The third-order valence-electron chi connectivity index (χ3n) is 1.52. The third-order valence-corrected chi connectivity index (χ3v) is 2.34. The Morgan fingerprint density at radius 2 is 2.25 bits per heavy atom. The van der Waals surface area contributed by atoms with Crippen LogP contribution in [0.4, 0.5) is 5.69 Å². The van der Waals surface area contributed by atoms with Crippen LogP contribution in [0.25, 0.3) is 0 Å². The zero-order chi connectivity index (χ0) is 9.14. The van der Waals surface area contributed by atoms with Crippen LogP contribution in [0.3, 0.4) is 0 Å². The highest BCUT2D eigenvalue weighted by molar-refractivity contribution is 9.10. The van der Waals surface area contributed by atoms with E-state index in [1.807, 2.05) is 0 Å². The van der Waals surface area contributed by atoms with Crippen molar-refractivity contribution in [2.24, 2.45) is 0 Å². The molecule has 12 heavy (non-hydrogen) atoms. The van der Waals surface area contributed by atoms with E-state index < -0.39 is 0 Å². The number of ether oxygens (including phenoxy) is 1. The fourth-order valence-corrected chi connectivity index (χ4v) is 1.37. The van der Waals surface area contributed by atoms with Crippen molar-refractivity contribution >= 4 is 27.9 Å². The first-order valence-corrected chi connectivity index (χ1v) is 4.07. The molecule has 0 bridgehead atoms. The number of nitrogens with two attached hydrogens (primary N) is 1. The van der Waals surface area contributed by atoms with Gasteiger partial charge in [-0.3, -0.25) is 4.79 Å². The van der Waals surface area contributed by atoms with Crippen molar-refractivity contribution < 1.29 is 9.53 Å². The molecule has 64 valence electrons. The summed E-state index contributed by atoms with van der Waals surface area (Å²) >= 11 is 3.22. The molecule has 1 aromatic carbocycles. The Labute approximate surface area is 78.6 Å². The van der Waals surface area contributed by atoms with Gasteiger partial charge in [-0.1, -0.05) is 0 Å². The molecule has 2 N–H and O–H groups in total. The molecule has 0 aromatic heterocycles. The van der Waals surface area contributed by atoms with Crippen molar-refractivity contribution in [3.05, 3.63) is 22.2 Å². The zero-order valence-corrected chi connectivity index (χ0v) is 8.09. The molecule has 0 aliphatic carbocycles. The molecule has 0 heterocycles. The molecular formula is C8H8BrNO2. The maximum Gasteiger partial charge on any atom is 0.152 e. The lowest BCUT2D eigenvalue weighted by Gasteiger charge is -2.06. The van der Waals surface area contributed by atoms with Crippen molar-refractivity contribution in [2.45, 2.75) is 0 Å². The second-order valence-electron chi connectivity index (χ2n) is 2.20. The van der Waals surface area contributed by atoms with E-state index in [-0.39, 0.29) is 0 Å². The Bertz CT molecular complexity index is 312. The van der Waals surface area contributed by atoms with Gasteiger partial charge in [-0.15, -0.1) is 0 Å². The monoisotopic (exact) mass is 229 g/mol. The minimum absolute atomic E-state index is 0.407. The molecule has 0 aliphatic heterocycles. The predicted molar refractivity (Wildman–Crippen MR) is 50.5 cm³/mol. The smallest absolute Gasteiger partial charge is 0.152 e. The minimum Gasteiger partial charge on any atom is -0.495 e. The van der Waals surface area contributed by atoms with E-state index in [0.29, 0.717) is 27.8 Å². The summed E-state index contributed by atoms with van der Waals surface area (Å²) in [5, 5.41) is 0. The number of halogens is 1. The summed E-state index contributed by atoms with van der Waals surface area (Å²) in [4.78, 5) is 10.4. The number of hydrogen-bond acceptors (Lipinski definition) is 3. The van der Waals surface area contributed by atoms with E-state index in [1.165, 1.54) is 0 Å². The molecule has 0 saturated heterocycles. The molecule has 0 fully saturated rings. The van der Waals surface area contributed by atoms with Crippen molar-refractivity contribution in [2.75, 3.05) is 12.8 Å². The van der Waals surface area contributed by atoms with Gasteiger partial charge in [0.25, 0.3) is 0 Å². The normalized spacial score (nSPS) is 9.50. The van der Waals surface area contributed by atoms with E-state index in [0.717, 1.165) is 0 Å². The molecular weight excluding hydrogens is 222 g/mol. The van der Waals surface area contributed by atoms with E-state index in [2.05, 4.69) is 15.9 Å². The van der Waals surface area contributed by atoms with E-state index in [9.17, 15) is 4.79 Å². The minimum atomic E-state index is 0.407. The summed E-state index contributed by atoms with van der Waals surface area (Å²) < 4.78 is 5.60. The summed E-state index contributed by atoms with van der Waals surface area (Å²) in [6.07, 6.45) is 0.708. The van der Waals surface area contributed by atoms with Gasteiger partial charge in [0, 0.05) is 5.56 Å². The summed E-state index contributed by atoms with van der Waals surface area (Å²) in [7, 11) is 1.54. The fraction of sp³-hybridized carbons (Fsp3) is 0.125. The highest BCUT2D eigenvalue weighted by Crippen LogP contribution is 2.32. The first kappa shape index (κ1) is 9.06. The highest BCUT2D eigenvalue weighted by Gasteiger charge is 2.07.